The van der Waals surface area contributed by atoms with Crippen LogP contribution in [0, 0.1) is 0 Å². The summed E-state index contributed by atoms with van der Waals surface area (Å²) in [6.07, 6.45) is 1.80. The average Bonchev–Trinajstić information content (AvgIpc) is 2.81. The molecule has 4 aromatic rings. The zero-order chi connectivity index (χ0) is 21.5. The Morgan fingerprint density at radius 3 is 2.48 bits per heavy atom. The van der Waals surface area contributed by atoms with Crippen molar-refractivity contribution in [1.29, 1.82) is 0 Å². The number of carbonyl (C=O) groups is 1. The smallest absolute Gasteiger partial charge is 0.251 e. The van der Waals surface area contributed by atoms with Gasteiger partial charge in [-0.25, -0.2) is 0 Å². The number of hydrogen-bond donors (Lipinski definition) is 1. The van der Waals surface area contributed by atoms with Crippen LogP contribution in [0.25, 0.3) is 10.8 Å². The van der Waals surface area contributed by atoms with Gasteiger partial charge in [0.15, 0.2) is 0 Å². The van der Waals surface area contributed by atoms with E-state index in [2.05, 4.69) is 47.8 Å². The Kier molecular flexibility index (Phi) is 6.85. The number of fused-ring (bicyclic) bond motifs is 1. The summed E-state index contributed by atoms with van der Waals surface area (Å²) in [6, 6.07) is 29.6. The van der Waals surface area contributed by atoms with Gasteiger partial charge in [0.25, 0.3) is 5.91 Å². The molecule has 4 aromatic carbocycles. The van der Waals surface area contributed by atoms with Crippen LogP contribution in [0.4, 0.5) is 0 Å². The number of rotatable bonds is 8. The minimum absolute atomic E-state index is 0.0962. The van der Waals surface area contributed by atoms with E-state index in [0.717, 1.165) is 18.4 Å². The lowest BCUT2D eigenvalue weighted by Crippen LogP contribution is -2.24. The molecule has 156 valence electrons. The SMILES string of the molecule is O=C(NCCCc1cccc2ccccc12)c1cccc(OCc2ccccc2Cl)c1. The van der Waals surface area contributed by atoms with Crippen LogP contribution in [0.1, 0.15) is 27.9 Å². The second-order valence-electron chi connectivity index (χ2n) is 7.41. The highest BCUT2D eigenvalue weighted by Gasteiger charge is 2.08. The maximum Gasteiger partial charge on any atom is 0.251 e. The molecule has 31 heavy (non-hydrogen) atoms. The fourth-order valence-electron chi connectivity index (χ4n) is 3.60. The summed E-state index contributed by atoms with van der Waals surface area (Å²) < 4.78 is 5.82. The van der Waals surface area contributed by atoms with E-state index in [-0.39, 0.29) is 5.91 Å². The maximum atomic E-state index is 12.6. The minimum atomic E-state index is -0.0962. The number of carbonyl (C=O) groups excluding carboxylic acids is 1. The van der Waals surface area contributed by atoms with Crippen molar-refractivity contribution < 1.29 is 9.53 Å². The molecule has 0 radical (unpaired) electrons. The summed E-state index contributed by atoms with van der Waals surface area (Å²) in [5, 5.41) is 6.21. The predicted molar refractivity (Wildman–Crippen MR) is 127 cm³/mol. The molecule has 0 aliphatic carbocycles. The van der Waals surface area contributed by atoms with Gasteiger partial charge in [-0.1, -0.05) is 78.3 Å². The van der Waals surface area contributed by atoms with Gasteiger partial charge in [0.05, 0.1) is 0 Å². The first kappa shape index (κ1) is 21.0. The van der Waals surface area contributed by atoms with Crippen molar-refractivity contribution in [3.63, 3.8) is 0 Å². The largest absolute Gasteiger partial charge is 0.489 e. The van der Waals surface area contributed by atoms with Crippen LogP contribution < -0.4 is 10.1 Å². The van der Waals surface area contributed by atoms with Crippen molar-refractivity contribution >= 4 is 28.3 Å². The zero-order valence-corrected chi connectivity index (χ0v) is 17.9. The molecule has 0 saturated carbocycles. The molecule has 0 unspecified atom stereocenters. The van der Waals surface area contributed by atoms with E-state index in [9.17, 15) is 4.79 Å². The van der Waals surface area contributed by atoms with Crippen LogP contribution in [0.5, 0.6) is 5.75 Å². The topological polar surface area (TPSA) is 38.3 Å². The Balaban J connectivity index is 1.29. The van der Waals surface area contributed by atoms with E-state index in [4.69, 9.17) is 16.3 Å². The van der Waals surface area contributed by atoms with Crippen molar-refractivity contribution in [3.05, 3.63) is 113 Å². The van der Waals surface area contributed by atoms with Gasteiger partial charge in [-0.15, -0.1) is 0 Å². The Hall–Kier alpha value is -3.30. The number of nitrogens with one attached hydrogen (secondary N) is 1. The van der Waals surface area contributed by atoms with Crippen molar-refractivity contribution in [2.24, 2.45) is 0 Å². The number of halogens is 1. The second kappa shape index (κ2) is 10.1. The molecular formula is C27H24ClNO2. The molecule has 0 aliphatic rings. The standard InChI is InChI=1S/C27H24ClNO2/c28-26-16-4-2-9-23(26)19-31-24-14-6-12-22(18-24)27(30)29-17-7-13-21-11-5-10-20-8-1-3-15-25(20)21/h1-6,8-12,14-16,18H,7,13,17,19H2,(H,29,30). The van der Waals surface area contributed by atoms with Gasteiger partial charge in [-0.05, 0) is 53.4 Å². The van der Waals surface area contributed by atoms with Crippen LogP contribution in [-0.2, 0) is 13.0 Å². The van der Waals surface area contributed by atoms with Gasteiger partial charge in [0.2, 0.25) is 0 Å². The molecular weight excluding hydrogens is 406 g/mol. The van der Waals surface area contributed by atoms with E-state index in [1.54, 1.807) is 12.1 Å². The highest BCUT2D eigenvalue weighted by molar-refractivity contribution is 6.31. The van der Waals surface area contributed by atoms with Crippen LogP contribution in [0.2, 0.25) is 5.02 Å². The maximum absolute atomic E-state index is 12.6. The van der Waals surface area contributed by atoms with Crippen molar-refractivity contribution in [2.75, 3.05) is 6.54 Å². The summed E-state index contributed by atoms with van der Waals surface area (Å²) >= 11 is 6.18. The summed E-state index contributed by atoms with van der Waals surface area (Å²) in [5.41, 5.74) is 2.80. The van der Waals surface area contributed by atoms with E-state index in [0.29, 0.717) is 29.5 Å². The molecule has 0 bridgehead atoms. The third kappa shape index (κ3) is 5.44. The number of benzene rings is 4. The fraction of sp³-hybridized carbons (Fsp3) is 0.148. The van der Waals surface area contributed by atoms with E-state index >= 15 is 0 Å². The van der Waals surface area contributed by atoms with Crippen LogP contribution >= 0.6 is 11.6 Å². The second-order valence-corrected chi connectivity index (χ2v) is 7.81. The monoisotopic (exact) mass is 429 g/mol. The molecule has 0 heterocycles. The summed E-state index contributed by atoms with van der Waals surface area (Å²) in [5.74, 6) is 0.546. The van der Waals surface area contributed by atoms with E-state index < -0.39 is 0 Å². The van der Waals surface area contributed by atoms with Gasteiger partial charge < -0.3 is 10.1 Å². The predicted octanol–water partition coefficient (Wildman–Crippen LogP) is 6.43. The van der Waals surface area contributed by atoms with Crippen LogP contribution in [0.3, 0.4) is 0 Å². The van der Waals surface area contributed by atoms with Gasteiger partial charge in [-0.2, -0.15) is 0 Å². The molecule has 0 saturated heterocycles. The summed E-state index contributed by atoms with van der Waals surface area (Å²) in [4.78, 5) is 12.6. The lowest BCUT2D eigenvalue weighted by atomic mass is 10.0. The third-order valence-corrected chi connectivity index (χ3v) is 5.61. The number of ether oxygens (including phenoxy) is 1. The zero-order valence-electron chi connectivity index (χ0n) is 17.2. The highest BCUT2D eigenvalue weighted by Crippen LogP contribution is 2.21. The average molecular weight is 430 g/mol. The molecule has 3 nitrogen and oxygen atoms in total. The number of amides is 1. The van der Waals surface area contributed by atoms with Gasteiger partial charge >= 0.3 is 0 Å². The van der Waals surface area contributed by atoms with Gasteiger partial charge in [-0.3, -0.25) is 4.79 Å². The lowest BCUT2D eigenvalue weighted by molar-refractivity contribution is 0.0952. The Labute approximate surface area is 187 Å². The molecule has 1 N–H and O–H groups in total. The first-order chi connectivity index (χ1) is 15.2. The molecule has 1 amide bonds. The van der Waals surface area contributed by atoms with Crippen LogP contribution in [-0.4, -0.2) is 12.5 Å². The molecule has 0 fully saturated rings. The molecule has 4 heteroatoms. The Morgan fingerprint density at radius 2 is 1.58 bits per heavy atom. The number of aryl methyl sites for hydroxylation is 1. The van der Waals surface area contributed by atoms with Crippen molar-refractivity contribution in [1.82, 2.24) is 5.32 Å². The normalized spacial score (nSPS) is 10.7. The lowest BCUT2D eigenvalue weighted by Gasteiger charge is -2.10. The van der Waals surface area contributed by atoms with E-state index in [1.165, 1.54) is 16.3 Å². The number of hydrogen-bond acceptors (Lipinski definition) is 2. The summed E-state index contributed by atoms with van der Waals surface area (Å²) in [7, 11) is 0. The first-order valence-corrected chi connectivity index (χ1v) is 10.8. The fourth-order valence-corrected chi connectivity index (χ4v) is 3.79. The van der Waals surface area contributed by atoms with Gasteiger partial charge in [0, 0.05) is 22.7 Å². The molecule has 0 spiro atoms. The van der Waals surface area contributed by atoms with Crippen molar-refractivity contribution in [3.8, 4) is 5.75 Å². The van der Waals surface area contributed by atoms with Crippen molar-refractivity contribution in [2.45, 2.75) is 19.4 Å². The minimum Gasteiger partial charge on any atom is -0.489 e. The molecule has 0 aromatic heterocycles. The molecule has 0 atom stereocenters. The third-order valence-electron chi connectivity index (χ3n) is 5.24. The Bertz CT molecular complexity index is 1180. The Morgan fingerprint density at radius 1 is 0.839 bits per heavy atom. The van der Waals surface area contributed by atoms with E-state index in [1.807, 2.05) is 36.4 Å². The van der Waals surface area contributed by atoms with Gasteiger partial charge in [0.1, 0.15) is 12.4 Å². The quantitative estimate of drug-likeness (QED) is 0.327. The molecule has 0 aliphatic heterocycles. The highest BCUT2D eigenvalue weighted by atomic mass is 35.5. The molecule has 4 rings (SSSR count). The summed E-state index contributed by atoms with van der Waals surface area (Å²) in [6.45, 7) is 0.975. The van der Waals surface area contributed by atoms with Crippen LogP contribution in [0.15, 0.2) is 91.0 Å². The first-order valence-electron chi connectivity index (χ1n) is 10.4.